The minimum Gasteiger partial charge on any atom is -0.461 e. The number of nitrogens with zero attached hydrogens (tertiary/aromatic N) is 2. The van der Waals surface area contributed by atoms with Gasteiger partial charge in [0, 0.05) is 6.20 Å². The molecule has 0 unspecified atom stereocenters. The van der Waals surface area contributed by atoms with Crippen molar-refractivity contribution in [2.45, 2.75) is 0 Å². The number of halogens is 1. The molecule has 60 valence electrons. The van der Waals surface area contributed by atoms with Crippen LogP contribution in [0, 0.1) is 0 Å². The maximum atomic E-state index is 5.13. The lowest BCUT2D eigenvalue weighted by Gasteiger charge is -1.93. The van der Waals surface area contributed by atoms with Crippen molar-refractivity contribution in [3.05, 3.63) is 35.3 Å². The van der Waals surface area contributed by atoms with Gasteiger partial charge in [-0.25, -0.2) is 9.97 Å². The van der Waals surface area contributed by atoms with Crippen molar-refractivity contribution in [2.24, 2.45) is 0 Å². The van der Waals surface area contributed by atoms with E-state index in [9.17, 15) is 0 Å². The van der Waals surface area contributed by atoms with Crippen molar-refractivity contribution in [1.29, 1.82) is 0 Å². The molecule has 0 atom stereocenters. The van der Waals surface area contributed by atoms with E-state index in [2.05, 4.69) is 25.9 Å². The van der Waals surface area contributed by atoms with Crippen molar-refractivity contribution in [3.8, 4) is 11.6 Å². The normalized spacial score (nSPS) is 10.1. The number of hydrogen-bond donors (Lipinski definition) is 0. The fourth-order valence-electron chi connectivity index (χ4n) is 0.861. The smallest absolute Gasteiger partial charge is 0.196 e. The van der Waals surface area contributed by atoms with Crippen LogP contribution in [0.5, 0.6) is 0 Å². The van der Waals surface area contributed by atoms with Crippen molar-refractivity contribution >= 4 is 15.9 Å². The Kier molecular flexibility index (Phi) is 1.91. The first kappa shape index (κ1) is 7.49. The summed E-state index contributed by atoms with van der Waals surface area (Å²) in [7, 11) is 0. The average molecular weight is 225 g/mol. The Labute approximate surface area is 77.6 Å². The Balaban J connectivity index is 2.48. The third-order valence-electron chi connectivity index (χ3n) is 1.36. The molecule has 2 rings (SSSR count). The molecule has 0 saturated heterocycles. The third-order valence-corrected chi connectivity index (χ3v) is 1.80. The van der Waals surface area contributed by atoms with Gasteiger partial charge in [-0.2, -0.15) is 0 Å². The van der Waals surface area contributed by atoms with Gasteiger partial charge in [-0.3, -0.25) is 0 Å². The maximum absolute atomic E-state index is 5.13. The molecule has 2 heterocycles. The maximum Gasteiger partial charge on any atom is 0.196 e. The van der Waals surface area contributed by atoms with Crippen molar-refractivity contribution in [3.63, 3.8) is 0 Å². The van der Waals surface area contributed by atoms with Gasteiger partial charge in [0.2, 0.25) is 0 Å². The molecule has 0 spiro atoms. The Bertz CT molecular complexity index is 372. The van der Waals surface area contributed by atoms with Gasteiger partial charge < -0.3 is 4.42 Å². The Morgan fingerprint density at radius 1 is 1.33 bits per heavy atom. The molecule has 0 radical (unpaired) electrons. The first-order valence-corrected chi connectivity index (χ1v) is 4.18. The Hall–Kier alpha value is -1.16. The van der Waals surface area contributed by atoms with E-state index >= 15 is 0 Å². The molecule has 0 N–H and O–H groups in total. The SMILES string of the molecule is Brc1ccnc(-c2ccco2)n1. The summed E-state index contributed by atoms with van der Waals surface area (Å²) in [5.41, 5.74) is 0. The van der Waals surface area contributed by atoms with Crippen LogP contribution in [0.2, 0.25) is 0 Å². The van der Waals surface area contributed by atoms with E-state index in [1.807, 2.05) is 6.07 Å². The summed E-state index contributed by atoms with van der Waals surface area (Å²) in [4.78, 5) is 8.17. The summed E-state index contributed by atoms with van der Waals surface area (Å²) in [5, 5.41) is 0. The van der Waals surface area contributed by atoms with Crippen LogP contribution in [-0.2, 0) is 0 Å². The molecule has 0 bridgehead atoms. The molecule has 0 aliphatic rings. The largest absolute Gasteiger partial charge is 0.461 e. The van der Waals surface area contributed by atoms with Crippen molar-refractivity contribution < 1.29 is 4.42 Å². The minimum atomic E-state index is 0.592. The van der Waals surface area contributed by atoms with Crippen LogP contribution in [0.15, 0.2) is 39.7 Å². The first-order chi connectivity index (χ1) is 5.86. The topological polar surface area (TPSA) is 38.9 Å². The van der Waals surface area contributed by atoms with Gasteiger partial charge in [0.1, 0.15) is 4.60 Å². The zero-order chi connectivity index (χ0) is 8.39. The molecule has 0 saturated carbocycles. The minimum absolute atomic E-state index is 0.592. The van der Waals surface area contributed by atoms with Crippen LogP contribution in [0.1, 0.15) is 0 Å². The van der Waals surface area contributed by atoms with Crippen LogP contribution in [0.4, 0.5) is 0 Å². The van der Waals surface area contributed by atoms with E-state index in [0.29, 0.717) is 11.6 Å². The highest BCUT2D eigenvalue weighted by molar-refractivity contribution is 9.10. The average Bonchev–Trinajstić information content (AvgIpc) is 2.56. The van der Waals surface area contributed by atoms with Gasteiger partial charge in [-0.05, 0) is 34.1 Å². The predicted octanol–water partition coefficient (Wildman–Crippen LogP) is 2.50. The summed E-state index contributed by atoms with van der Waals surface area (Å²) >= 11 is 3.25. The molecule has 12 heavy (non-hydrogen) atoms. The van der Waals surface area contributed by atoms with E-state index < -0.39 is 0 Å². The Morgan fingerprint density at radius 2 is 2.25 bits per heavy atom. The van der Waals surface area contributed by atoms with Gasteiger partial charge in [-0.15, -0.1) is 0 Å². The zero-order valence-electron chi connectivity index (χ0n) is 6.07. The second kappa shape index (κ2) is 3.06. The number of aromatic nitrogens is 2. The lowest BCUT2D eigenvalue weighted by molar-refractivity contribution is 0.577. The van der Waals surface area contributed by atoms with Crippen molar-refractivity contribution in [2.75, 3.05) is 0 Å². The molecule has 4 heteroatoms. The number of furan rings is 1. The molecular weight excluding hydrogens is 220 g/mol. The summed E-state index contributed by atoms with van der Waals surface area (Å²) in [6, 6.07) is 5.40. The number of hydrogen-bond acceptors (Lipinski definition) is 3. The predicted molar refractivity (Wildman–Crippen MR) is 47.4 cm³/mol. The second-order valence-corrected chi connectivity index (χ2v) is 2.99. The third kappa shape index (κ3) is 1.38. The van der Waals surface area contributed by atoms with E-state index in [1.54, 1.807) is 24.6 Å². The van der Waals surface area contributed by atoms with Gasteiger partial charge in [0.15, 0.2) is 11.6 Å². The van der Waals surface area contributed by atoms with Crippen LogP contribution in [0.3, 0.4) is 0 Å². The molecule has 3 nitrogen and oxygen atoms in total. The molecule has 2 aromatic heterocycles. The van der Waals surface area contributed by atoms with E-state index in [1.165, 1.54) is 0 Å². The molecule has 0 amide bonds. The summed E-state index contributed by atoms with van der Waals surface area (Å²) in [6.45, 7) is 0. The fourth-order valence-corrected chi connectivity index (χ4v) is 1.15. The van der Waals surface area contributed by atoms with Gasteiger partial charge >= 0.3 is 0 Å². The number of rotatable bonds is 1. The second-order valence-electron chi connectivity index (χ2n) is 2.18. The zero-order valence-corrected chi connectivity index (χ0v) is 7.65. The lowest BCUT2D eigenvalue weighted by atomic mass is 10.4. The molecule has 0 aliphatic carbocycles. The van der Waals surface area contributed by atoms with Crippen LogP contribution < -0.4 is 0 Å². The molecule has 2 aromatic rings. The highest BCUT2D eigenvalue weighted by Crippen LogP contribution is 2.16. The van der Waals surface area contributed by atoms with Crippen LogP contribution in [-0.4, -0.2) is 9.97 Å². The summed E-state index contributed by atoms with van der Waals surface area (Å²) in [6.07, 6.45) is 3.27. The van der Waals surface area contributed by atoms with Crippen LogP contribution >= 0.6 is 15.9 Å². The quantitative estimate of drug-likeness (QED) is 0.700. The van der Waals surface area contributed by atoms with Gasteiger partial charge in [0.05, 0.1) is 6.26 Å². The highest BCUT2D eigenvalue weighted by atomic mass is 79.9. The summed E-state index contributed by atoms with van der Waals surface area (Å²) in [5.74, 6) is 1.27. The van der Waals surface area contributed by atoms with Crippen molar-refractivity contribution in [1.82, 2.24) is 9.97 Å². The van der Waals surface area contributed by atoms with Crippen LogP contribution in [0.25, 0.3) is 11.6 Å². The monoisotopic (exact) mass is 224 g/mol. The molecular formula is C8H5BrN2O. The highest BCUT2D eigenvalue weighted by Gasteiger charge is 2.02. The standard InChI is InChI=1S/C8H5BrN2O/c9-7-3-4-10-8(11-7)6-2-1-5-12-6/h1-5H. The van der Waals surface area contributed by atoms with Gasteiger partial charge in [0.25, 0.3) is 0 Å². The summed E-state index contributed by atoms with van der Waals surface area (Å²) < 4.78 is 5.88. The van der Waals surface area contributed by atoms with E-state index in [0.717, 1.165) is 4.60 Å². The Morgan fingerprint density at radius 3 is 2.92 bits per heavy atom. The van der Waals surface area contributed by atoms with Gasteiger partial charge in [-0.1, -0.05) is 0 Å². The van der Waals surface area contributed by atoms with E-state index in [4.69, 9.17) is 4.42 Å². The molecule has 0 fully saturated rings. The lowest BCUT2D eigenvalue weighted by Crippen LogP contribution is -1.85. The fraction of sp³-hybridized carbons (Fsp3) is 0. The molecule has 0 aromatic carbocycles. The van der Waals surface area contributed by atoms with E-state index in [-0.39, 0.29) is 0 Å². The molecule has 0 aliphatic heterocycles. The first-order valence-electron chi connectivity index (χ1n) is 3.39.